The molecule has 0 spiro atoms. The Hall–Kier alpha value is -1.01. The molecule has 0 saturated carbocycles. The minimum Gasteiger partial charge on any atom is -0.465 e. The van der Waals surface area contributed by atoms with E-state index in [1.54, 1.807) is 6.07 Å². The number of halogens is 3. The molecule has 0 amide bonds. The maximum Gasteiger partial charge on any atom is 0.349 e. The van der Waals surface area contributed by atoms with E-state index in [4.69, 9.17) is 34.8 Å². The number of hydrogen-bond donors (Lipinski definition) is 1. The molecular formula is C11H7Cl3N2O2S. The Morgan fingerprint density at radius 3 is 2.63 bits per heavy atom. The quantitative estimate of drug-likeness (QED) is 0.655. The lowest BCUT2D eigenvalue weighted by Crippen LogP contribution is -1.96. The number of methoxy groups -OCH3 is 1. The van der Waals surface area contributed by atoms with Crippen LogP contribution in [0.15, 0.2) is 18.3 Å². The Labute approximate surface area is 128 Å². The highest BCUT2D eigenvalue weighted by Crippen LogP contribution is 2.34. The first-order valence-corrected chi connectivity index (χ1v) is 6.92. The number of esters is 1. The third-order valence-corrected chi connectivity index (χ3v) is 4.07. The summed E-state index contributed by atoms with van der Waals surface area (Å²) in [5.41, 5.74) is 0.557. The summed E-state index contributed by atoms with van der Waals surface area (Å²) < 4.78 is 4.60. The topological polar surface area (TPSA) is 51.2 Å². The SMILES string of the molecule is COC(=O)c1cnc(Nc2cc(Cl)c(Cl)cc2Cl)s1. The van der Waals surface area contributed by atoms with Crippen LogP contribution in [0.1, 0.15) is 9.67 Å². The predicted molar refractivity (Wildman–Crippen MR) is 78.2 cm³/mol. The number of nitrogens with zero attached hydrogens (tertiary/aromatic N) is 1. The number of nitrogens with one attached hydrogen (secondary N) is 1. The van der Waals surface area contributed by atoms with Gasteiger partial charge in [-0.3, -0.25) is 0 Å². The van der Waals surface area contributed by atoms with Gasteiger partial charge in [-0.25, -0.2) is 9.78 Å². The van der Waals surface area contributed by atoms with Gasteiger partial charge in [-0.15, -0.1) is 0 Å². The zero-order chi connectivity index (χ0) is 14.0. The second-order valence-electron chi connectivity index (χ2n) is 3.39. The number of carbonyl (C=O) groups excluding carboxylic acids is 1. The first-order valence-electron chi connectivity index (χ1n) is 4.97. The van der Waals surface area contributed by atoms with Gasteiger partial charge in [-0.05, 0) is 12.1 Å². The molecule has 0 aliphatic carbocycles. The van der Waals surface area contributed by atoms with E-state index < -0.39 is 5.97 Å². The third-order valence-electron chi connectivity index (χ3n) is 2.14. The zero-order valence-corrected chi connectivity index (χ0v) is 12.6. The van der Waals surface area contributed by atoms with E-state index in [2.05, 4.69) is 15.0 Å². The normalized spacial score (nSPS) is 10.3. The minimum absolute atomic E-state index is 0.367. The molecule has 1 aromatic heterocycles. The van der Waals surface area contributed by atoms with Crippen molar-refractivity contribution < 1.29 is 9.53 Å². The molecule has 0 atom stereocenters. The fourth-order valence-electron chi connectivity index (χ4n) is 1.26. The molecule has 0 aliphatic heterocycles. The molecule has 0 unspecified atom stereocenters. The second-order valence-corrected chi connectivity index (χ2v) is 5.64. The lowest BCUT2D eigenvalue weighted by atomic mass is 10.3. The van der Waals surface area contributed by atoms with Crippen molar-refractivity contribution in [1.29, 1.82) is 0 Å². The van der Waals surface area contributed by atoms with E-state index in [-0.39, 0.29) is 0 Å². The fraction of sp³-hybridized carbons (Fsp3) is 0.0909. The number of benzene rings is 1. The van der Waals surface area contributed by atoms with Crippen LogP contribution >= 0.6 is 46.1 Å². The molecule has 1 N–H and O–H groups in total. The molecule has 19 heavy (non-hydrogen) atoms. The predicted octanol–water partition coefficient (Wildman–Crippen LogP) is 4.63. The molecule has 1 heterocycles. The summed E-state index contributed by atoms with van der Waals surface area (Å²) in [6.45, 7) is 0. The molecule has 100 valence electrons. The Balaban J connectivity index is 2.24. The monoisotopic (exact) mass is 336 g/mol. The van der Waals surface area contributed by atoms with Crippen molar-refractivity contribution >= 4 is 62.9 Å². The average molecular weight is 338 g/mol. The van der Waals surface area contributed by atoms with Crippen LogP contribution in [-0.4, -0.2) is 18.1 Å². The van der Waals surface area contributed by atoms with Crippen molar-refractivity contribution in [1.82, 2.24) is 4.98 Å². The zero-order valence-electron chi connectivity index (χ0n) is 9.54. The maximum absolute atomic E-state index is 11.3. The first-order chi connectivity index (χ1) is 9.01. The maximum atomic E-state index is 11.3. The summed E-state index contributed by atoms with van der Waals surface area (Å²) in [6.07, 6.45) is 1.42. The van der Waals surface area contributed by atoms with Crippen LogP contribution in [0, 0.1) is 0 Å². The van der Waals surface area contributed by atoms with Crippen molar-refractivity contribution in [3.8, 4) is 0 Å². The standard InChI is InChI=1S/C11H7Cl3N2O2S/c1-18-10(17)9-4-15-11(19-9)16-8-3-6(13)5(12)2-7(8)14/h2-4H,1H3,(H,15,16). The highest BCUT2D eigenvalue weighted by Gasteiger charge is 2.12. The highest BCUT2D eigenvalue weighted by molar-refractivity contribution is 7.17. The molecule has 0 radical (unpaired) electrons. The summed E-state index contributed by atoms with van der Waals surface area (Å²) in [4.78, 5) is 15.7. The van der Waals surface area contributed by atoms with Crippen LogP contribution in [0.4, 0.5) is 10.8 Å². The molecule has 0 bridgehead atoms. The van der Waals surface area contributed by atoms with E-state index in [1.807, 2.05) is 0 Å². The van der Waals surface area contributed by atoms with Crippen LogP contribution in [0.5, 0.6) is 0 Å². The van der Waals surface area contributed by atoms with E-state index in [1.165, 1.54) is 19.4 Å². The minimum atomic E-state index is -0.439. The largest absolute Gasteiger partial charge is 0.465 e. The Kier molecular flexibility index (Phi) is 4.52. The molecule has 0 saturated heterocycles. The molecule has 2 rings (SSSR count). The van der Waals surface area contributed by atoms with E-state index >= 15 is 0 Å². The van der Waals surface area contributed by atoms with Crippen LogP contribution in [0.3, 0.4) is 0 Å². The lowest BCUT2D eigenvalue weighted by molar-refractivity contribution is 0.0606. The lowest BCUT2D eigenvalue weighted by Gasteiger charge is -2.06. The summed E-state index contributed by atoms with van der Waals surface area (Å²) >= 11 is 18.9. The van der Waals surface area contributed by atoms with E-state index in [0.29, 0.717) is 30.8 Å². The molecule has 8 heteroatoms. The Bertz CT molecular complexity index is 630. The summed E-state index contributed by atoms with van der Waals surface area (Å²) in [5, 5.41) is 4.61. The van der Waals surface area contributed by atoms with Crippen molar-refractivity contribution in [2.24, 2.45) is 0 Å². The van der Waals surface area contributed by atoms with Crippen LogP contribution < -0.4 is 5.32 Å². The van der Waals surface area contributed by atoms with Crippen LogP contribution in [0.25, 0.3) is 0 Å². The first kappa shape index (κ1) is 14.4. The summed E-state index contributed by atoms with van der Waals surface area (Å²) in [7, 11) is 1.31. The van der Waals surface area contributed by atoms with Gasteiger partial charge in [0.25, 0.3) is 0 Å². The van der Waals surface area contributed by atoms with Crippen LogP contribution in [-0.2, 0) is 4.74 Å². The average Bonchev–Trinajstić information content (AvgIpc) is 2.83. The van der Waals surface area contributed by atoms with Gasteiger partial charge in [-0.1, -0.05) is 46.1 Å². The van der Waals surface area contributed by atoms with Crippen molar-refractivity contribution in [3.05, 3.63) is 38.3 Å². The third kappa shape index (κ3) is 3.30. The number of carbonyl (C=O) groups is 1. The summed E-state index contributed by atoms with van der Waals surface area (Å²) in [5.74, 6) is -0.439. The molecule has 4 nitrogen and oxygen atoms in total. The van der Waals surface area contributed by atoms with Gasteiger partial charge in [-0.2, -0.15) is 0 Å². The Morgan fingerprint density at radius 2 is 1.95 bits per heavy atom. The van der Waals surface area contributed by atoms with Gasteiger partial charge in [0.2, 0.25) is 0 Å². The van der Waals surface area contributed by atoms with Gasteiger partial charge in [0.15, 0.2) is 5.13 Å². The van der Waals surface area contributed by atoms with Gasteiger partial charge < -0.3 is 10.1 Å². The van der Waals surface area contributed by atoms with Gasteiger partial charge in [0.1, 0.15) is 4.88 Å². The number of rotatable bonds is 3. The molecule has 1 aromatic carbocycles. The van der Waals surface area contributed by atoms with Crippen molar-refractivity contribution in [3.63, 3.8) is 0 Å². The number of anilines is 2. The number of hydrogen-bond acceptors (Lipinski definition) is 5. The van der Waals surface area contributed by atoms with E-state index in [0.717, 1.165) is 11.3 Å². The number of thiazole rings is 1. The molecule has 0 fully saturated rings. The van der Waals surface area contributed by atoms with E-state index in [9.17, 15) is 4.79 Å². The Morgan fingerprint density at radius 1 is 1.26 bits per heavy atom. The van der Waals surface area contributed by atoms with Crippen molar-refractivity contribution in [2.45, 2.75) is 0 Å². The molecule has 0 aliphatic rings. The van der Waals surface area contributed by atoms with Crippen molar-refractivity contribution in [2.75, 3.05) is 12.4 Å². The molecule has 2 aromatic rings. The molecular weight excluding hydrogens is 331 g/mol. The van der Waals surface area contributed by atoms with Gasteiger partial charge in [0, 0.05) is 0 Å². The number of ether oxygens (including phenoxy) is 1. The second kappa shape index (κ2) is 5.96. The van der Waals surface area contributed by atoms with Crippen LogP contribution in [0.2, 0.25) is 15.1 Å². The van der Waals surface area contributed by atoms with Gasteiger partial charge in [0.05, 0.1) is 34.1 Å². The number of aromatic nitrogens is 1. The highest BCUT2D eigenvalue weighted by atomic mass is 35.5. The smallest absolute Gasteiger partial charge is 0.349 e. The summed E-state index contributed by atoms with van der Waals surface area (Å²) in [6, 6.07) is 3.12. The fourth-order valence-corrected chi connectivity index (χ4v) is 2.60. The van der Waals surface area contributed by atoms with Gasteiger partial charge >= 0.3 is 5.97 Å².